The molecule has 0 saturated carbocycles. The van der Waals surface area contributed by atoms with Crippen LogP contribution in [0.25, 0.3) is 0 Å². The van der Waals surface area contributed by atoms with Crippen molar-refractivity contribution in [3.63, 3.8) is 0 Å². The van der Waals surface area contributed by atoms with Gasteiger partial charge in [0, 0.05) is 31.5 Å². The highest BCUT2D eigenvalue weighted by atomic mass is 16.6. The molecule has 3 atom stereocenters. The van der Waals surface area contributed by atoms with Crippen molar-refractivity contribution in [2.24, 2.45) is 0 Å². The molecule has 0 aromatic carbocycles. The molecule has 0 spiro atoms. The van der Waals surface area contributed by atoms with Crippen molar-refractivity contribution in [3.8, 4) is 6.07 Å². The van der Waals surface area contributed by atoms with E-state index in [-0.39, 0.29) is 24.8 Å². The minimum absolute atomic E-state index is 0.155. The molecular weight excluding hydrogens is 386 g/mol. The van der Waals surface area contributed by atoms with Gasteiger partial charge in [0.05, 0.1) is 11.6 Å². The maximum absolute atomic E-state index is 13.2. The van der Waals surface area contributed by atoms with Gasteiger partial charge in [0.2, 0.25) is 5.91 Å². The zero-order valence-corrected chi connectivity index (χ0v) is 17.5. The summed E-state index contributed by atoms with van der Waals surface area (Å²) in [5.74, 6) is -0.593. The van der Waals surface area contributed by atoms with Crippen LogP contribution >= 0.6 is 0 Å². The van der Waals surface area contributed by atoms with Gasteiger partial charge in [0.25, 0.3) is 5.91 Å². The lowest BCUT2D eigenvalue weighted by molar-refractivity contribution is -0.135. The van der Waals surface area contributed by atoms with Gasteiger partial charge in [-0.1, -0.05) is 0 Å². The Morgan fingerprint density at radius 1 is 1.30 bits per heavy atom. The van der Waals surface area contributed by atoms with E-state index >= 15 is 0 Å². The molecule has 3 heterocycles. The Kier molecular flexibility index (Phi) is 6.25. The second kappa shape index (κ2) is 8.69. The summed E-state index contributed by atoms with van der Waals surface area (Å²) < 4.78 is 5.48. The first kappa shape index (κ1) is 21.6. The fraction of sp³-hybridized carbons (Fsp3) is 0.571. The Balaban J connectivity index is 1.77. The number of aromatic nitrogens is 1. The minimum atomic E-state index is -0.784. The standard InChI is InChI=1S/C21H27N5O4/c1-21(2,3)30-20(29)26-13-15(24-18(27)14-6-4-8-23-12-14)10-17(26)19(28)25-9-5-7-16(25)11-22/h4,6,8,12,15-17H,5,7,9-10,13H2,1-3H3,(H,24,27)/t15?,16-,17?/m0/s1. The molecule has 160 valence electrons. The average molecular weight is 413 g/mol. The van der Waals surface area contributed by atoms with Crippen molar-refractivity contribution in [3.05, 3.63) is 30.1 Å². The number of carbonyl (C=O) groups excluding carboxylic acids is 3. The van der Waals surface area contributed by atoms with Crippen LogP contribution in [0.3, 0.4) is 0 Å². The fourth-order valence-electron chi connectivity index (χ4n) is 3.82. The third-order valence-electron chi connectivity index (χ3n) is 5.16. The van der Waals surface area contributed by atoms with Crippen LogP contribution in [0, 0.1) is 11.3 Å². The van der Waals surface area contributed by atoms with Gasteiger partial charge in [-0.15, -0.1) is 0 Å². The molecular formula is C21H27N5O4. The van der Waals surface area contributed by atoms with Crippen LogP contribution in [-0.2, 0) is 9.53 Å². The monoisotopic (exact) mass is 413 g/mol. The summed E-state index contributed by atoms with van der Waals surface area (Å²) in [7, 11) is 0. The molecule has 2 aliphatic rings. The van der Waals surface area contributed by atoms with E-state index in [1.807, 2.05) is 0 Å². The number of rotatable bonds is 3. The van der Waals surface area contributed by atoms with Crippen LogP contribution in [-0.4, -0.2) is 69.5 Å². The number of amides is 3. The first-order valence-corrected chi connectivity index (χ1v) is 10.1. The maximum atomic E-state index is 13.2. The molecule has 0 aliphatic carbocycles. The summed E-state index contributed by atoms with van der Waals surface area (Å²) in [5, 5.41) is 12.2. The first-order chi connectivity index (χ1) is 14.2. The van der Waals surface area contributed by atoms with Crippen LogP contribution in [0.4, 0.5) is 4.79 Å². The lowest BCUT2D eigenvalue weighted by Crippen LogP contribution is -2.50. The number of carbonyl (C=O) groups is 3. The normalized spacial score (nSPS) is 23.7. The highest BCUT2D eigenvalue weighted by Gasteiger charge is 2.45. The highest BCUT2D eigenvalue weighted by molar-refractivity contribution is 5.94. The van der Waals surface area contributed by atoms with Gasteiger partial charge < -0.3 is 15.0 Å². The van der Waals surface area contributed by atoms with E-state index < -0.39 is 29.8 Å². The molecule has 1 N–H and O–H groups in total. The lowest BCUT2D eigenvalue weighted by Gasteiger charge is -2.30. The van der Waals surface area contributed by atoms with Gasteiger partial charge in [0.1, 0.15) is 17.7 Å². The Bertz CT molecular complexity index is 845. The number of nitrogens with one attached hydrogen (secondary N) is 1. The molecule has 0 bridgehead atoms. The predicted molar refractivity (Wildman–Crippen MR) is 107 cm³/mol. The summed E-state index contributed by atoms with van der Waals surface area (Å²) in [6.07, 6.45) is 4.07. The molecule has 0 radical (unpaired) electrons. The van der Waals surface area contributed by atoms with Gasteiger partial charge >= 0.3 is 6.09 Å². The second-order valence-corrected chi connectivity index (χ2v) is 8.62. The molecule has 2 fully saturated rings. The zero-order chi connectivity index (χ0) is 21.9. The van der Waals surface area contributed by atoms with Crippen molar-refractivity contribution in [1.82, 2.24) is 20.1 Å². The van der Waals surface area contributed by atoms with Crippen LogP contribution in [0.1, 0.15) is 50.4 Å². The molecule has 3 rings (SSSR count). The molecule has 30 heavy (non-hydrogen) atoms. The third kappa shape index (κ3) is 4.87. The summed E-state index contributed by atoms with van der Waals surface area (Å²) in [6, 6.07) is 3.79. The highest BCUT2D eigenvalue weighted by Crippen LogP contribution is 2.26. The van der Waals surface area contributed by atoms with E-state index in [1.165, 1.54) is 16.0 Å². The Hall–Kier alpha value is -3.15. The second-order valence-electron chi connectivity index (χ2n) is 8.62. The first-order valence-electron chi connectivity index (χ1n) is 10.1. The van der Waals surface area contributed by atoms with Crippen molar-refractivity contribution < 1.29 is 19.1 Å². The zero-order valence-electron chi connectivity index (χ0n) is 17.5. The van der Waals surface area contributed by atoms with Gasteiger partial charge in [-0.3, -0.25) is 19.5 Å². The van der Waals surface area contributed by atoms with Crippen LogP contribution in [0.15, 0.2) is 24.5 Å². The number of ether oxygens (including phenoxy) is 1. The molecule has 3 amide bonds. The fourth-order valence-corrected chi connectivity index (χ4v) is 3.82. The third-order valence-corrected chi connectivity index (χ3v) is 5.16. The number of nitrogens with zero attached hydrogens (tertiary/aromatic N) is 4. The van der Waals surface area contributed by atoms with Crippen molar-refractivity contribution >= 4 is 17.9 Å². The largest absolute Gasteiger partial charge is 0.444 e. The topological polar surface area (TPSA) is 116 Å². The molecule has 2 unspecified atom stereocenters. The van der Waals surface area contributed by atoms with E-state index in [2.05, 4.69) is 16.4 Å². The number of nitriles is 1. The summed E-state index contributed by atoms with van der Waals surface area (Å²) >= 11 is 0. The van der Waals surface area contributed by atoms with Gasteiger partial charge in [-0.25, -0.2) is 4.79 Å². The molecule has 2 saturated heterocycles. The Morgan fingerprint density at radius 2 is 2.07 bits per heavy atom. The average Bonchev–Trinajstić information content (AvgIpc) is 3.33. The molecule has 1 aromatic heterocycles. The van der Waals surface area contributed by atoms with E-state index in [4.69, 9.17) is 4.74 Å². The van der Waals surface area contributed by atoms with E-state index in [0.717, 1.165) is 6.42 Å². The van der Waals surface area contributed by atoms with Gasteiger partial charge in [-0.05, 0) is 52.2 Å². The Morgan fingerprint density at radius 3 is 2.70 bits per heavy atom. The van der Waals surface area contributed by atoms with Crippen molar-refractivity contribution in [2.45, 2.75) is 63.8 Å². The quantitative estimate of drug-likeness (QED) is 0.806. The summed E-state index contributed by atoms with van der Waals surface area (Å²) in [6.45, 7) is 5.91. The van der Waals surface area contributed by atoms with E-state index in [0.29, 0.717) is 18.5 Å². The lowest BCUT2D eigenvalue weighted by atomic mass is 10.1. The van der Waals surface area contributed by atoms with Gasteiger partial charge in [0.15, 0.2) is 0 Å². The van der Waals surface area contributed by atoms with Gasteiger partial charge in [-0.2, -0.15) is 5.26 Å². The van der Waals surface area contributed by atoms with Crippen LogP contribution in [0.2, 0.25) is 0 Å². The molecule has 1 aromatic rings. The molecule has 2 aliphatic heterocycles. The number of pyridine rings is 1. The van der Waals surface area contributed by atoms with E-state index in [1.54, 1.807) is 39.1 Å². The maximum Gasteiger partial charge on any atom is 0.411 e. The minimum Gasteiger partial charge on any atom is -0.444 e. The van der Waals surface area contributed by atoms with E-state index in [9.17, 15) is 19.6 Å². The van der Waals surface area contributed by atoms with Crippen LogP contribution < -0.4 is 5.32 Å². The van der Waals surface area contributed by atoms with Crippen molar-refractivity contribution in [2.75, 3.05) is 13.1 Å². The smallest absolute Gasteiger partial charge is 0.411 e. The summed E-state index contributed by atoms with van der Waals surface area (Å²) in [4.78, 5) is 45.3. The summed E-state index contributed by atoms with van der Waals surface area (Å²) in [5.41, 5.74) is -0.315. The molecule has 9 nitrogen and oxygen atoms in total. The molecule has 9 heteroatoms. The Labute approximate surface area is 176 Å². The van der Waals surface area contributed by atoms with Crippen molar-refractivity contribution in [1.29, 1.82) is 5.26 Å². The predicted octanol–water partition coefficient (Wildman–Crippen LogP) is 1.70. The number of hydrogen-bond acceptors (Lipinski definition) is 6. The SMILES string of the molecule is CC(C)(C)OC(=O)N1CC(NC(=O)c2cccnc2)CC1C(=O)N1CCC[C@H]1C#N. The number of hydrogen-bond donors (Lipinski definition) is 1. The number of likely N-dealkylation sites (tertiary alicyclic amines) is 2. The van der Waals surface area contributed by atoms with Crippen LogP contribution in [0.5, 0.6) is 0 Å².